The summed E-state index contributed by atoms with van der Waals surface area (Å²) in [7, 11) is -3.49. The smallest absolute Gasteiger partial charge is 0.323 e. The lowest BCUT2D eigenvalue weighted by atomic mass is 10.1. The van der Waals surface area contributed by atoms with Gasteiger partial charge < -0.3 is 9.67 Å². The van der Waals surface area contributed by atoms with E-state index < -0.39 is 16.0 Å². The first-order chi connectivity index (χ1) is 13.7. The Kier molecular flexibility index (Phi) is 6.24. The molecule has 0 unspecified atom stereocenters. The van der Waals surface area contributed by atoms with Crippen molar-refractivity contribution in [2.24, 2.45) is 0 Å². The van der Waals surface area contributed by atoms with Crippen molar-refractivity contribution in [1.29, 1.82) is 0 Å². The quantitative estimate of drug-likeness (QED) is 0.547. The Balaban J connectivity index is 2.24. The highest BCUT2D eigenvalue weighted by Crippen LogP contribution is 2.43. The van der Waals surface area contributed by atoms with E-state index in [0.29, 0.717) is 16.6 Å². The highest BCUT2D eigenvalue weighted by Gasteiger charge is 2.21. The predicted octanol–water partition coefficient (Wildman–Crippen LogP) is 4.51. The highest BCUT2D eigenvalue weighted by molar-refractivity contribution is 7.99. The zero-order chi connectivity index (χ0) is 21.2. The first-order valence-electron chi connectivity index (χ1n) is 9.28. The minimum Gasteiger partial charge on any atom is -0.480 e. The molecule has 3 rings (SSSR count). The van der Waals surface area contributed by atoms with E-state index in [-0.39, 0.29) is 6.54 Å². The number of hydrogen-bond donors (Lipinski definition) is 2. The highest BCUT2D eigenvalue weighted by atomic mass is 32.2. The number of fused-ring (bicyclic) bond motifs is 1. The van der Waals surface area contributed by atoms with Gasteiger partial charge in [0.1, 0.15) is 6.54 Å². The molecular formula is C21H24N2O4S2. The van der Waals surface area contributed by atoms with Crippen molar-refractivity contribution in [3.05, 3.63) is 53.7 Å². The van der Waals surface area contributed by atoms with Gasteiger partial charge in [0, 0.05) is 20.9 Å². The van der Waals surface area contributed by atoms with Crippen molar-refractivity contribution in [2.75, 3.05) is 11.0 Å². The molecule has 1 heterocycles. The maximum Gasteiger partial charge on any atom is 0.323 e. The summed E-state index contributed by atoms with van der Waals surface area (Å²) in [5.41, 5.74) is 3.15. The van der Waals surface area contributed by atoms with E-state index in [2.05, 4.69) is 17.7 Å². The Hall–Kier alpha value is -2.45. The molecule has 0 aliphatic carbocycles. The molecule has 0 aliphatic heterocycles. The molecular weight excluding hydrogens is 408 g/mol. The number of aryl methyl sites for hydroxylation is 1. The molecule has 0 bridgehead atoms. The Bertz CT molecular complexity index is 1170. The van der Waals surface area contributed by atoms with Crippen LogP contribution in [-0.4, -0.2) is 30.3 Å². The summed E-state index contributed by atoms with van der Waals surface area (Å²) in [6.45, 7) is 3.80. The van der Waals surface area contributed by atoms with Crippen LogP contribution in [-0.2, 0) is 27.8 Å². The molecule has 29 heavy (non-hydrogen) atoms. The minimum absolute atomic E-state index is 0.193. The fraction of sp³-hybridized carbons (Fsp3) is 0.286. The van der Waals surface area contributed by atoms with Crippen LogP contribution in [0.5, 0.6) is 0 Å². The van der Waals surface area contributed by atoms with Crippen LogP contribution >= 0.6 is 11.8 Å². The van der Waals surface area contributed by atoms with Crippen molar-refractivity contribution in [3.63, 3.8) is 0 Å². The number of rotatable bonds is 8. The summed E-state index contributed by atoms with van der Waals surface area (Å²) < 4.78 is 28.1. The van der Waals surface area contributed by atoms with E-state index in [1.807, 2.05) is 31.2 Å². The minimum atomic E-state index is -3.49. The number of aromatic nitrogens is 1. The van der Waals surface area contributed by atoms with E-state index in [9.17, 15) is 18.3 Å². The second-order valence-corrected chi connectivity index (χ2v) is 9.73. The van der Waals surface area contributed by atoms with Crippen molar-refractivity contribution in [1.82, 2.24) is 4.57 Å². The number of carboxylic acids is 1. The van der Waals surface area contributed by atoms with Gasteiger partial charge in [0.2, 0.25) is 10.0 Å². The van der Waals surface area contributed by atoms with E-state index >= 15 is 0 Å². The molecule has 0 amide bonds. The van der Waals surface area contributed by atoms with Crippen molar-refractivity contribution >= 4 is 44.3 Å². The number of carboxylic acid groups (broad SMARTS) is 1. The van der Waals surface area contributed by atoms with Crippen LogP contribution in [0, 0.1) is 6.92 Å². The monoisotopic (exact) mass is 432 g/mol. The van der Waals surface area contributed by atoms with Gasteiger partial charge >= 0.3 is 5.97 Å². The number of aliphatic carboxylic acids is 1. The lowest BCUT2D eigenvalue weighted by molar-refractivity contribution is -0.137. The first kappa shape index (κ1) is 21.3. The molecule has 8 heteroatoms. The van der Waals surface area contributed by atoms with E-state index in [1.165, 1.54) is 5.56 Å². The average Bonchev–Trinajstić information content (AvgIpc) is 2.88. The maximum atomic E-state index is 11.9. The van der Waals surface area contributed by atoms with Gasteiger partial charge in [-0.25, -0.2) is 8.42 Å². The van der Waals surface area contributed by atoms with E-state index in [4.69, 9.17) is 0 Å². The lowest BCUT2D eigenvalue weighted by Gasteiger charge is -2.11. The zero-order valence-electron chi connectivity index (χ0n) is 16.6. The molecule has 2 N–H and O–H groups in total. The van der Waals surface area contributed by atoms with Crippen molar-refractivity contribution < 1.29 is 18.3 Å². The third-order valence-corrected chi connectivity index (χ3v) is 6.50. The molecule has 0 saturated carbocycles. The van der Waals surface area contributed by atoms with Gasteiger partial charge in [-0.15, -0.1) is 0 Å². The molecule has 2 aromatic carbocycles. The topological polar surface area (TPSA) is 88.4 Å². The number of benzene rings is 2. The third-order valence-electron chi connectivity index (χ3n) is 4.59. The SMILES string of the molecule is CCCc1ccccc1Sc1c(C)n(CC(=O)O)c2cccc(NS(C)(=O)=O)c12. The van der Waals surface area contributed by atoms with Gasteiger partial charge in [-0.05, 0) is 37.1 Å². The summed E-state index contributed by atoms with van der Waals surface area (Å²) in [5, 5.41) is 10.1. The van der Waals surface area contributed by atoms with Crippen molar-refractivity contribution in [3.8, 4) is 0 Å². The zero-order valence-corrected chi connectivity index (χ0v) is 18.2. The van der Waals surface area contributed by atoms with Gasteiger partial charge in [0.25, 0.3) is 0 Å². The number of anilines is 1. The molecule has 0 aliphatic rings. The summed E-state index contributed by atoms with van der Waals surface area (Å²) in [5.74, 6) is -0.950. The number of nitrogens with zero attached hydrogens (tertiary/aromatic N) is 1. The van der Waals surface area contributed by atoms with Gasteiger partial charge in [0.15, 0.2) is 0 Å². The Morgan fingerprint density at radius 3 is 2.55 bits per heavy atom. The fourth-order valence-electron chi connectivity index (χ4n) is 3.43. The standard InChI is InChI=1S/C21H24N2O4S2/c1-4-8-15-9-5-6-12-18(15)28-21-14(2)23(13-19(24)25)17-11-7-10-16(20(17)21)22-29(3,26)27/h5-7,9-12,22H,4,8,13H2,1-3H3,(H,24,25). The largest absolute Gasteiger partial charge is 0.480 e. The van der Waals surface area contributed by atoms with Gasteiger partial charge in [-0.1, -0.05) is 49.4 Å². The van der Waals surface area contributed by atoms with Crippen LogP contribution in [0.1, 0.15) is 24.6 Å². The van der Waals surface area contributed by atoms with Crippen LogP contribution in [0.2, 0.25) is 0 Å². The summed E-state index contributed by atoms with van der Waals surface area (Å²) in [4.78, 5) is 13.4. The van der Waals surface area contributed by atoms with Crippen LogP contribution in [0.3, 0.4) is 0 Å². The van der Waals surface area contributed by atoms with Crippen LogP contribution in [0.4, 0.5) is 5.69 Å². The maximum absolute atomic E-state index is 11.9. The third kappa shape index (κ3) is 4.76. The molecule has 0 fully saturated rings. The second-order valence-electron chi connectivity index (χ2n) is 6.93. The predicted molar refractivity (Wildman–Crippen MR) is 117 cm³/mol. The molecule has 0 spiro atoms. The van der Waals surface area contributed by atoms with Gasteiger partial charge in [-0.2, -0.15) is 0 Å². The van der Waals surface area contributed by atoms with Crippen molar-refractivity contribution in [2.45, 2.75) is 43.0 Å². The van der Waals surface area contributed by atoms with E-state index in [0.717, 1.165) is 34.6 Å². The number of nitrogens with one attached hydrogen (secondary N) is 1. The number of sulfonamides is 1. The summed E-state index contributed by atoms with van der Waals surface area (Å²) in [6, 6.07) is 13.4. The normalized spacial score (nSPS) is 11.7. The second kappa shape index (κ2) is 8.51. The molecule has 1 aromatic heterocycles. The Morgan fingerprint density at radius 2 is 1.90 bits per heavy atom. The Morgan fingerprint density at radius 1 is 1.17 bits per heavy atom. The average molecular weight is 433 g/mol. The van der Waals surface area contributed by atoms with Gasteiger partial charge in [0.05, 0.1) is 17.5 Å². The van der Waals surface area contributed by atoms with E-state index in [1.54, 1.807) is 28.5 Å². The number of hydrogen-bond acceptors (Lipinski definition) is 4. The molecule has 3 aromatic rings. The van der Waals surface area contributed by atoms with Gasteiger partial charge in [-0.3, -0.25) is 9.52 Å². The molecule has 154 valence electrons. The molecule has 0 saturated heterocycles. The fourth-order valence-corrected chi connectivity index (χ4v) is 5.24. The summed E-state index contributed by atoms with van der Waals surface area (Å²) in [6.07, 6.45) is 3.05. The lowest BCUT2D eigenvalue weighted by Crippen LogP contribution is -2.10. The Labute approximate surface area is 175 Å². The van der Waals surface area contributed by atoms with Crippen LogP contribution in [0.15, 0.2) is 52.3 Å². The first-order valence-corrected chi connectivity index (χ1v) is 12.0. The van der Waals surface area contributed by atoms with Crippen LogP contribution < -0.4 is 4.72 Å². The summed E-state index contributed by atoms with van der Waals surface area (Å²) >= 11 is 1.55. The molecule has 0 radical (unpaired) electrons. The van der Waals surface area contributed by atoms with Crippen LogP contribution in [0.25, 0.3) is 10.9 Å². The molecule has 6 nitrogen and oxygen atoms in total. The number of carbonyl (C=O) groups is 1. The molecule has 0 atom stereocenters.